The Labute approximate surface area is 98.1 Å². The van der Waals surface area contributed by atoms with Gasteiger partial charge in [-0.05, 0) is 38.6 Å². The summed E-state index contributed by atoms with van der Waals surface area (Å²) in [5, 5.41) is 0. The monoisotopic (exact) mass is 246 g/mol. The standard InChI is InChI=1S/C11H22N2O2S/c1-9(12)10-2-5-13(8-10)11-3-6-16(14,15)7-4-11/h9-11H,2-8,12H2,1H3. The molecule has 2 saturated heterocycles. The summed E-state index contributed by atoms with van der Waals surface area (Å²) in [6.07, 6.45) is 2.79. The minimum absolute atomic E-state index is 0.261. The zero-order valence-electron chi connectivity index (χ0n) is 9.93. The van der Waals surface area contributed by atoms with E-state index in [0.717, 1.165) is 25.9 Å². The van der Waals surface area contributed by atoms with Gasteiger partial charge in [-0.2, -0.15) is 0 Å². The summed E-state index contributed by atoms with van der Waals surface area (Å²) in [7, 11) is -2.73. The van der Waals surface area contributed by atoms with Crippen molar-refractivity contribution in [2.24, 2.45) is 11.7 Å². The van der Waals surface area contributed by atoms with Crippen LogP contribution in [0.3, 0.4) is 0 Å². The highest BCUT2D eigenvalue weighted by Crippen LogP contribution is 2.26. The molecule has 0 aromatic carbocycles. The van der Waals surface area contributed by atoms with E-state index in [2.05, 4.69) is 11.8 Å². The van der Waals surface area contributed by atoms with Crippen molar-refractivity contribution in [2.75, 3.05) is 24.6 Å². The van der Waals surface area contributed by atoms with Crippen LogP contribution >= 0.6 is 0 Å². The van der Waals surface area contributed by atoms with Crippen LogP contribution in [0.1, 0.15) is 26.2 Å². The van der Waals surface area contributed by atoms with E-state index in [9.17, 15) is 8.42 Å². The van der Waals surface area contributed by atoms with Gasteiger partial charge in [0.15, 0.2) is 0 Å². The molecule has 2 aliphatic rings. The second kappa shape index (κ2) is 4.63. The molecule has 0 saturated carbocycles. The van der Waals surface area contributed by atoms with Gasteiger partial charge >= 0.3 is 0 Å². The number of rotatable bonds is 2. The summed E-state index contributed by atoms with van der Waals surface area (Å²) in [5.74, 6) is 1.34. The first-order valence-corrected chi connectivity index (χ1v) is 8.00. The van der Waals surface area contributed by atoms with E-state index in [1.807, 2.05) is 0 Å². The molecule has 94 valence electrons. The molecule has 0 bridgehead atoms. The van der Waals surface area contributed by atoms with Crippen LogP contribution in [-0.4, -0.2) is 50.0 Å². The van der Waals surface area contributed by atoms with Crippen molar-refractivity contribution in [1.29, 1.82) is 0 Å². The lowest BCUT2D eigenvalue weighted by atomic mass is 10.0. The quantitative estimate of drug-likeness (QED) is 0.758. The maximum Gasteiger partial charge on any atom is 0.150 e. The van der Waals surface area contributed by atoms with E-state index in [0.29, 0.717) is 23.5 Å². The Morgan fingerprint density at radius 2 is 1.88 bits per heavy atom. The van der Waals surface area contributed by atoms with Gasteiger partial charge in [-0.1, -0.05) is 0 Å². The van der Waals surface area contributed by atoms with Crippen molar-refractivity contribution < 1.29 is 8.42 Å². The fraction of sp³-hybridized carbons (Fsp3) is 1.00. The Hall–Kier alpha value is -0.130. The smallest absolute Gasteiger partial charge is 0.150 e. The van der Waals surface area contributed by atoms with Gasteiger partial charge in [0, 0.05) is 18.6 Å². The summed E-state index contributed by atoms with van der Waals surface area (Å²) in [6.45, 7) is 4.22. The van der Waals surface area contributed by atoms with Crippen LogP contribution in [-0.2, 0) is 9.84 Å². The topological polar surface area (TPSA) is 63.4 Å². The molecule has 2 aliphatic heterocycles. The van der Waals surface area contributed by atoms with Gasteiger partial charge in [0.2, 0.25) is 0 Å². The summed E-state index contributed by atoms with van der Waals surface area (Å²) < 4.78 is 22.7. The molecular formula is C11H22N2O2S. The number of hydrogen-bond donors (Lipinski definition) is 1. The Morgan fingerprint density at radius 1 is 1.25 bits per heavy atom. The molecule has 4 nitrogen and oxygen atoms in total. The van der Waals surface area contributed by atoms with E-state index in [1.54, 1.807) is 0 Å². The predicted molar refractivity (Wildman–Crippen MR) is 65.0 cm³/mol. The molecule has 2 fully saturated rings. The van der Waals surface area contributed by atoms with Crippen LogP contribution in [0.4, 0.5) is 0 Å². The number of hydrogen-bond acceptors (Lipinski definition) is 4. The highest BCUT2D eigenvalue weighted by molar-refractivity contribution is 7.91. The predicted octanol–water partition coefficient (Wildman–Crippen LogP) is 0.233. The maximum absolute atomic E-state index is 11.3. The van der Waals surface area contributed by atoms with Crippen molar-refractivity contribution in [3.05, 3.63) is 0 Å². The third-order valence-electron chi connectivity index (χ3n) is 4.04. The van der Waals surface area contributed by atoms with E-state index in [1.165, 1.54) is 6.42 Å². The molecule has 0 aliphatic carbocycles. The number of likely N-dealkylation sites (tertiary alicyclic amines) is 1. The molecule has 0 spiro atoms. The average Bonchev–Trinajstić information content (AvgIpc) is 2.66. The largest absolute Gasteiger partial charge is 0.328 e. The molecule has 5 heteroatoms. The van der Waals surface area contributed by atoms with Crippen molar-refractivity contribution in [2.45, 2.75) is 38.3 Å². The number of nitrogens with zero attached hydrogens (tertiary/aromatic N) is 1. The third-order valence-corrected chi connectivity index (χ3v) is 5.76. The lowest BCUT2D eigenvalue weighted by Gasteiger charge is -2.31. The summed E-state index contributed by atoms with van der Waals surface area (Å²) in [4.78, 5) is 2.45. The fourth-order valence-corrected chi connectivity index (χ4v) is 4.29. The van der Waals surface area contributed by atoms with Gasteiger partial charge < -0.3 is 5.73 Å². The fourth-order valence-electron chi connectivity index (χ4n) is 2.82. The lowest BCUT2D eigenvalue weighted by Crippen LogP contribution is -2.41. The third kappa shape index (κ3) is 2.76. The van der Waals surface area contributed by atoms with Crippen LogP contribution in [0.5, 0.6) is 0 Å². The molecule has 2 unspecified atom stereocenters. The van der Waals surface area contributed by atoms with Crippen molar-refractivity contribution in [1.82, 2.24) is 4.90 Å². The van der Waals surface area contributed by atoms with E-state index < -0.39 is 9.84 Å². The van der Waals surface area contributed by atoms with Crippen molar-refractivity contribution in [3.8, 4) is 0 Å². The summed E-state index contributed by atoms with van der Waals surface area (Å²) in [5.41, 5.74) is 5.91. The molecule has 0 amide bonds. The average molecular weight is 246 g/mol. The number of sulfone groups is 1. The van der Waals surface area contributed by atoms with Crippen LogP contribution in [0.15, 0.2) is 0 Å². The highest BCUT2D eigenvalue weighted by Gasteiger charge is 2.33. The first-order chi connectivity index (χ1) is 7.48. The van der Waals surface area contributed by atoms with E-state index in [4.69, 9.17) is 5.73 Å². The molecule has 0 aromatic heterocycles. The zero-order valence-corrected chi connectivity index (χ0v) is 10.7. The Kier molecular flexibility index (Phi) is 3.56. The van der Waals surface area contributed by atoms with Crippen LogP contribution < -0.4 is 5.73 Å². The van der Waals surface area contributed by atoms with E-state index >= 15 is 0 Å². The van der Waals surface area contributed by atoms with Gasteiger partial charge in [-0.3, -0.25) is 4.90 Å². The van der Waals surface area contributed by atoms with Crippen molar-refractivity contribution in [3.63, 3.8) is 0 Å². The Morgan fingerprint density at radius 3 is 2.38 bits per heavy atom. The zero-order chi connectivity index (χ0) is 11.8. The first-order valence-electron chi connectivity index (χ1n) is 6.18. The second-order valence-electron chi connectivity index (χ2n) is 5.29. The molecule has 0 radical (unpaired) electrons. The van der Waals surface area contributed by atoms with E-state index in [-0.39, 0.29) is 6.04 Å². The van der Waals surface area contributed by atoms with Gasteiger partial charge in [-0.25, -0.2) is 8.42 Å². The highest BCUT2D eigenvalue weighted by atomic mass is 32.2. The Bertz CT molecular complexity index is 326. The molecule has 0 aromatic rings. The summed E-state index contributed by atoms with van der Waals surface area (Å²) in [6, 6.07) is 0.740. The van der Waals surface area contributed by atoms with Gasteiger partial charge in [-0.15, -0.1) is 0 Å². The van der Waals surface area contributed by atoms with Crippen LogP contribution in [0.2, 0.25) is 0 Å². The van der Waals surface area contributed by atoms with Crippen LogP contribution in [0.25, 0.3) is 0 Å². The molecular weight excluding hydrogens is 224 g/mol. The molecule has 2 N–H and O–H groups in total. The van der Waals surface area contributed by atoms with Crippen LogP contribution in [0, 0.1) is 5.92 Å². The normalized spacial score (nSPS) is 34.0. The summed E-state index contributed by atoms with van der Waals surface area (Å²) >= 11 is 0. The molecule has 16 heavy (non-hydrogen) atoms. The molecule has 2 atom stereocenters. The minimum atomic E-state index is -2.73. The maximum atomic E-state index is 11.3. The molecule has 2 heterocycles. The SMILES string of the molecule is CC(N)C1CCN(C2CCS(=O)(=O)CC2)C1. The van der Waals surface area contributed by atoms with Gasteiger partial charge in [0.25, 0.3) is 0 Å². The van der Waals surface area contributed by atoms with Gasteiger partial charge in [0.05, 0.1) is 11.5 Å². The second-order valence-corrected chi connectivity index (χ2v) is 7.59. The number of nitrogens with two attached hydrogens (primary N) is 1. The first kappa shape index (κ1) is 12.3. The minimum Gasteiger partial charge on any atom is -0.328 e. The van der Waals surface area contributed by atoms with Gasteiger partial charge in [0.1, 0.15) is 9.84 Å². The van der Waals surface area contributed by atoms with Crippen molar-refractivity contribution >= 4 is 9.84 Å². The lowest BCUT2D eigenvalue weighted by molar-refractivity contribution is 0.215. The Balaban J connectivity index is 1.87. The molecule has 2 rings (SSSR count).